The van der Waals surface area contributed by atoms with Crippen LogP contribution in [0.15, 0.2) is 12.1 Å². The number of halogens is 1. The predicted molar refractivity (Wildman–Crippen MR) is 60.9 cm³/mol. The molecule has 74 valence electrons. The molecule has 3 heteroatoms. The van der Waals surface area contributed by atoms with Gasteiger partial charge in [0.25, 0.3) is 0 Å². The van der Waals surface area contributed by atoms with E-state index < -0.39 is 0 Å². The highest BCUT2D eigenvalue weighted by atomic mass is 32.1. The predicted octanol–water partition coefficient (Wildman–Crippen LogP) is 2.39. The Labute approximate surface area is 88.9 Å². The van der Waals surface area contributed by atoms with Crippen molar-refractivity contribution >= 4 is 18.3 Å². The molecule has 0 saturated carbocycles. The van der Waals surface area contributed by atoms with E-state index in [1.807, 2.05) is 0 Å². The highest BCUT2D eigenvalue weighted by Crippen LogP contribution is 2.17. The second-order valence-corrected chi connectivity index (χ2v) is 3.36. The molecule has 0 aliphatic carbocycles. The van der Waals surface area contributed by atoms with Crippen molar-refractivity contribution < 1.29 is 4.39 Å². The average Bonchev–Trinajstić information content (AvgIpc) is 2.18. The number of anilines is 1. The monoisotopic (exact) mass is 209 g/mol. The van der Waals surface area contributed by atoms with Crippen LogP contribution in [0.4, 0.5) is 10.1 Å². The summed E-state index contributed by atoms with van der Waals surface area (Å²) >= 11 is 4.01. The van der Waals surface area contributed by atoms with Crippen molar-refractivity contribution in [3.05, 3.63) is 29.1 Å². The number of hydrogen-bond donors (Lipinski definition) is 2. The Morgan fingerprint density at radius 2 is 2.21 bits per heavy atom. The number of thiol groups is 1. The van der Waals surface area contributed by atoms with Crippen LogP contribution in [0.5, 0.6) is 0 Å². The van der Waals surface area contributed by atoms with E-state index in [1.54, 1.807) is 19.1 Å². The van der Waals surface area contributed by atoms with Crippen molar-refractivity contribution in [1.82, 2.24) is 0 Å². The first-order valence-electron chi connectivity index (χ1n) is 4.31. The minimum absolute atomic E-state index is 0.323. The van der Waals surface area contributed by atoms with Crippen LogP contribution in [0.25, 0.3) is 0 Å². The lowest BCUT2D eigenvalue weighted by atomic mass is 10.1. The molecule has 14 heavy (non-hydrogen) atoms. The first-order valence-corrected chi connectivity index (χ1v) is 4.94. The molecule has 2 N–H and O–H groups in total. The maximum Gasteiger partial charge on any atom is 0.143 e. The Bertz CT molecular complexity index is 390. The summed E-state index contributed by atoms with van der Waals surface area (Å²) < 4.78 is 13.5. The maximum atomic E-state index is 13.5. The fourth-order valence-electron chi connectivity index (χ4n) is 1.01. The molecule has 1 aromatic carbocycles. The van der Waals surface area contributed by atoms with E-state index >= 15 is 0 Å². The Kier molecular flexibility index (Phi) is 3.84. The zero-order valence-electron chi connectivity index (χ0n) is 7.97. The van der Waals surface area contributed by atoms with Crippen molar-refractivity contribution in [2.75, 3.05) is 11.5 Å². The van der Waals surface area contributed by atoms with Gasteiger partial charge < -0.3 is 5.73 Å². The largest absolute Gasteiger partial charge is 0.398 e. The van der Waals surface area contributed by atoms with E-state index in [-0.39, 0.29) is 5.82 Å². The van der Waals surface area contributed by atoms with Gasteiger partial charge in [-0.25, -0.2) is 4.39 Å². The summed E-state index contributed by atoms with van der Waals surface area (Å²) in [7, 11) is 0. The lowest BCUT2D eigenvalue weighted by Crippen LogP contribution is -1.95. The molecule has 0 bridgehead atoms. The Hall–Kier alpha value is -1.14. The molecule has 1 rings (SSSR count). The van der Waals surface area contributed by atoms with Gasteiger partial charge in [0.15, 0.2) is 0 Å². The first kappa shape index (κ1) is 10.9. The van der Waals surface area contributed by atoms with Crippen molar-refractivity contribution in [2.45, 2.75) is 13.3 Å². The second kappa shape index (κ2) is 4.92. The zero-order chi connectivity index (χ0) is 10.6. The highest BCUT2D eigenvalue weighted by molar-refractivity contribution is 7.80. The lowest BCUT2D eigenvalue weighted by molar-refractivity contribution is 0.616. The van der Waals surface area contributed by atoms with Crippen LogP contribution in [-0.4, -0.2) is 5.75 Å². The quantitative estimate of drug-likeness (QED) is 0.414. The molecule has 0 aliphatic heterocycles. The van der Waals surface area contributed by atoms with Gasteiger partial charge in [-0.15, -0.1) is 0 Å². The first-order chi connectivity index (χ1) is 6.66. The number of nitrogens with two attached hydrogens (primary N) is 1. The van der Waals surface area contributed by atoms with Crippen LogP contribution in [0.1, 0.15) is 17.5 Å². The molecular formula is C11H12FNS. The molecule has 0 radical (unpaired) electrons. The van der Waals surface area contributed by atoms with Gasteiger partial charge in [0.2, 0.25) is 0 Å². The standard InChI is InChI=1S/C11H12FNS/c1-8-10(13)6-5-9(11(8)12)4-2-3-7-14/h5-6,14H,3,7,13H2,1H3. The lowest BCUT2D eigenvalue weighted by Gasteiger charge is -2.02. The molecule has 1 nitrogen and oxygen atoms in total. The molecule has 0 fully saturated rings. The summed E-state index contributed by atoms with van der Waals surface area (Å²) in [6, 6.07) is 3.27. The Balaban J connectivity index is 3.02. The minimum atomic E-state index is -0.323. The smallest absolute Gasteiger partial charge is 0.143 e. The molecule has 0 saturated heterocycles. The van der Waals surface area contributed by atoms with Crippen LogP contribution >= 0.6 is 12.6 Å². The molecule has 0 aliphatic rings. The van der Waals surface area contributed by atoms with Gasteiger partial charge in [0.05, 0.1) is 5.56 Å². The summed E-state index contributed by atoms with van der Waals surface area (Å²) in [5, 5.41) is 0. The van der Waals surface area contributed by atoms with E-state index in [0.29, 0.717) is 29.0 Å². The fraction of sp³-hybridized carbons (Fsp3) is 0.273. The van der Waals surface area contributed by atoms with Gasteiger partial charge in [0.1, 0.15) is 5.82 Å². The van der Waals surface area contributed by atoms with Crippen molar-refractivity contribution in [1.29, 1.82) is 0 Å². The van der Waals surface area contributed by atoms with E-state index in [0.717, 1.165) is 0 Å². The third kappa shape index (κ3) is 2.43. The van der Waals surface area contributed by atoms with Gasteiger partial charge in [-0.05, 0) is 19.1 Å². The van der Waals surface area contributed by atoms with E-state index in [9.17, 15) is 4.39 Å². The SMILES string of the molecule is Cc1c(N)ccc(C#CCCS)c1F. The number of rotatable bonds is 1. The molecule has 1 aromatic rings. The van der Waals surface area contributed by atoms with Crippen LogP contribution in [-0.2, 0) is 0 Å². The zero-order valence-corrected chi connectivity index (χ0v) is 8.87. The minimum Gasteiger partial charge on any atom is -0.398 e. The summed E-state index contributed by atoms with van der Waals surface area (Å²) in [6.07, 6.45) is 0.659. The molecule has 0 heterocycles. The summed E-state index contributed by atoms with van der Waals surface area (Å²) in [5.74, 6) is 5.94. The number of nitrogen functional groups attached to an aromatic ring is 1. The second-order valence-electron chi connectivity index (χ2n) is 2.92. The number of hydrogen-bond acceptors (Lipinski definition) is 2. The summed E-state index contributed by atoms with van der Waals surface area (Å²) in [6.45, 7) is 1.65. The van der Waals surface area contributed by atoms with Gasteiger partial charge in [-0.3, -0.25) is 0 Å². The van der Waals surface area contributed by atoms with Crippen molar-refractivity contribution in [3.63, 3.8) is 0 Å². The highest BCUT2D eigenvalue weighted by Gasteiger charge is 2.05. The van der Waals surface area contributed by atoms with Crippen LogP contribution in [0, 0.1) is 24.6 Å². The molecular weight excluding hydrogens is 197 g/mol. The molecule has 0 atom stereocenters. The van der Waals surface area contributed by atoms with Gasteiger partial charge in [0, 0.05) is 23.4 Å². The summed E-state index contributed by atoms with van der Waals surface area (Å²) in [5.41, 5.74) is 6.87. The number of benzene rings is 1. The van der Waals surface area contributed by atoms with Crippen molar-refractivity contribution in [3.8, 4) is 11.8 Å². The molecule has 0 amide bonds. The summed E-state index contributed by atoms with van der Waals surface area (Å²) in [4.78, 5) is 0. The maximum absolute atomic E-state index is 13.5. The van der Waals surface area contributed by atoms with Crippen LogP contribution in [0.2, 0.25) is 0 Å². The molecule has 0 unspecified atom stereocenters. The average molecular weight is 209 g/mol. The van der Waals surface area contributed by atoms with Crippen LogP contribution < -0.4 is 5.73 Å². The van der Waals surface area contributed by atoms with Gasteiger partial charge in [-0.1, -0.05) is 11.8 Å². The molecule has 0 aromatic heterocycles. The van der Waals surface area contributed by atoms with E-state index in [2.05, 4.69) is 24.5 Å². The van der Waals surface area contributed by atoms with Crippen LogP contribution in [0.3, 0.4) is 0 Å². The van der Waals surface area contributed by atoms with Crippen molar-refractivity contribution in [2.24, 2.45) is 0 Å². The third-order valence-corrected chi connectivity index (χ3v) is 2.11. The molecule has 0 spiro atoms. The topological polar surface area (TPSA) is 26.0 Å². The van der Waals surface area contributed by atoms with E-state index in [4.69, 9.17) is 5.73 Å². The Morgan fingerprint density at radius 1 is 1.50 bits per heavy atom. The van der Waals surface area contributed by atoms with E-state index in [1.165, 1.54) is 0 Å². The van der Waals surface area contributed by atoms with Gasteiger partial charge in [-0.2, -0.15) is 12.6 Å². The normalized spacial score (nSPS) is 9.36. The third-order valence-electron chi connectivity index (χ3n) is 1.89. The fourth-order valence-corrected chi connectivity index (χ4v) is 1.12. The van der Waals surface area contributed by atoms with Gasteiger partial charge >= 0.3 is 0 Å². The Morgan fingerprint density at radius 3 is 2.86 bits per heavy atom.